The molecule has 0 saturated heterocycles. The van der Waals surface area contributed by atoms with Crippen molar-refractivity contribution in [3.63, 3.8) is 0 Å². The van der Waals surface area contributed by atoms with Gasteiger partial charge in [-0.3, -0.25) is 0 Å². The van der Waals surface area contributed by atoms with Gasteiger partial charge in [0.15, 0.2) is 0 Å². The zero-order valence-corrected chi connectivity index (χ0v) is 13.8. The molecule has 0 atom stereocenters. The summed E-state index contributed by atoms with van der Waals surface area (Å²) in [7, 11) is -3.47. The van der Waals surface area contributed by atoms with Gasteiger partial charge in [-0.1, -0.05) is 13.0 Å². The summed E-state index contributed by atoms with van der Waals surface area (Å²) in [6.45, 7) is 5.15. The molecule has 1 aromatic heterocycles. The molecule has 0 bridgehead atoms. The molecule has 2 rings (SSSR count). The zero-order chi connectivity index (χ0) is 15.3. The molecule has 6 heteroatoms. The molecule has 0 spiro atoms. The molecule has 2 aromatic rings. The summed E-state index contributed by atoms with van der Waals surface area (Å²) in [5, 5.41) is 1.95. The molecule has 0 aliphatic carbocycles. The maximum absolute atomic E-state index is 12.6. The van der Waals surface area contributed by atoms with Crippen molar-refractivity contribution in [1.82, 2.24) is 4.31 Å². The average molecular weight is 325 g/mol. The van der Waals surface area contributed by atoms with E-state index in [1.54, 1.807) is 35.6 Å². The molecule has 0 aliphatic rings. The maximum Gasteiger partial charge on any atom is 0.243 e. The summed E-state index contributed by atoms with van der Waals surface area (Å²) >= 11 is 1.56. The van der Waals surface area contributed by atoms with Crippen molar-refractivity contribution >= 4 is 21.4 Å². The predicted octanol–water partition coefficient (Wildman–Crippen LogP) is 3.36. The quantitative estimate of drug-likeness (QED) is 0.784. The highest BCUT2D eigenvalue weighted by Gasteiger charge is 2.23. The minimum absolute atomic E-state index is 0.296. The molecule has 0 radical (unpaired) electrons. The van der Waals surface area contributed by atoms with Gasteiger partial charge >= 0.3 is 0 Å². The van der Waals surface area contributed by atoms with Crippen LogP contribution in [0.1, 0.15) is 18.7 Å². The van der Waals surface area contributed by atoms with E-state index < -0.39 is 10.0 Å². The molecular formula is C15H19NO3S2. The highest BCUT2D eigenvalue weighted by Crippen LogP contribution is 2.22. The van der Waals surface area contributed by atoms with Crippen molar-refractivity contribution in [2.45, 2.75) is 25.3 Å². The number of rotatable bonds is 7. The summed E-state index contributed by atoms with van der Waals surface area (Å²) < 4.78 is 32.1. The summed E-state index contributed by atoms with van der Waals surface area (Å²) in [4.78, 5) is 1.33. The first-order valence-electron chi connectivity index (χ1n) is 6.83. The molecular weight excluding hydrogens is 306 g/mol. The summed E-state index contributed by atoms with van der Waals surface area (Å²) in [6.07, 6.45) is 0. The molecule has 0 N–H and O–H groups in total. The largest absolute Gasteiger partial charge is 0.494 e. The van der Waals surface area contributed by atoms with E-state index in [1.165, 1.54) is 4.31 Å². The van der Waals surface area contributed by atoms with Crippen molar-refractivity contribution in [3.05, 3.63) is 46.7 Å². The second kappa shape index (κ2) is 7.06. The molecule has 21 heavy (non-hydrogen) atoms. The van der Waals surface area contributed by atoms with Crippen molar-refractivity contribution in [1.29, 1.82) is 0 Å². The first kappa shape index (κ1) is 16.0. The fourth-order valence-electron chi connectivity index (χ4n) is 1.97. The Morgan fingerprint density at radius 3 is 2.38 bits per heavy atom. The molecule has 4 nitrogen and oxygen atoms in total. The van der Waals surface area contributed by atoms with Crippen molar-refractivity contribution in [3.8, 4) is 5.75 Å². The Morgan fingerprint density at radius 1 is 1.14 bits per heavy atom. The predicted molar refractivity (Wildman–Crippen MR) is 85.2 cm³/mol. The van der Waals surface area contributed by atoms with Gasteiger partial charge in [-0.25, -0.2) is 8.42 Å². The number of hydrogen-bond donors (Lipinski definition) is 0. The second-order valence-corrected chi connectivity index (χ2v) is 7.39. The van der Waals surface area contributed by atoms with Gasteiger partial charge in [0.05, 0.1) is 11.5 Å². The molecule has 0 saturated carbocycles. The van der Waals surface area contributed by atoms with Crippen LogP contribution in [-0.2, 0) is 16.6 Å². The van der Waals surface area contributed by atoms with Gasteiger partial charge in [-0.2, -0.15) is 4.31 Å². The van der Waals surface area contributed by atoms with Crippen molar-refractivity contribution in [2.75, 3.05) is 13.2 Å². The van der Waals surface area contributed by atoms with Crippen LogP contribution in [0, 0.1) is 0 Å². The first-order chi connectivity index (χ1) is 10.1. The van der Waals surface area contributed by atoms with Gasteiger partial charge in [-0.15, -0.1) is 11.3 Å². The minimum atomic E-state index is -3.47. The number of benzene rings is 1. The fourth-order valence-corrected chi connectivity index (χ4v) is 4.19. The number of ether oxygens (including phenoxy) is 1. The van der Waals surface area contributed by atoms with Crippen LogP contribution in [0.4, 0.5) is 0 Å². The summed E-state index contributed by atoms with van der Waals surface area (Å²) in [5.41, 5.74) is 0. The SMILES string of the molecule is CCOc1ccc(S(=O)(=O)N(CC)Cc2cccs2)cc1. The van der Waals surface area contributed by atoms with E-state index >= 15 is 0 Å². The second-order valence-electron chi connectivity index (χ2n) is 4.41. The number of sulfonamides is 1. The van der Waals surface area contributed by atoms with Crippen LogP contribution in [0.2, 0.25) is 0 Å². The molecule has 1 aromatic carbocycles. The molecule has 0 unspecified atom stereocenters. The lowest BCUT2D eigenvalue weighted by molar-refractivity contribution is 0.340. The Kier molecular flexibility index (Phi) is 5.39. The number of nitrogens with zero attached hydrogens (tertiary/aromatic N) is 1. The van der Waals surface area contributed by atoms with Crippen LogP contribution in [0.25, 0.3) is 0 Å². The minimum Gasteiger partial charge on any atom is -0.494 e. The third kappa shape index (κ3) is 3.84. The highest BCUT2D eigenvalue weighted by molar-refractivity contribution is 7.89. The van der Waals surface area contributed by atoms with E-state index in [9.17, 15) is 8.42 Å². The van der Waals surface area contributed by atoms with E-state index in [0.29, 0.717) is 30.3 Å². The Balaban J connectivity index is 2.22. The van der Waals surface area contributed by atoms with Crippen LogP contribution in [0.5, 0.6) is 5.75 Å². The smallest absolute Gasteiger partial charge is 0.243 e. The van der Waals surface area contributed by atoms with E-state index in [0.717, 1.165) is 4.88 Å². The van der Waals surface area contributed by atoms with Crippen LogP contribution in [0.15, 0.2) is 46.7 Å². The van der Waals surface area contributed by atoms with E-state index in [2.05, 4.69) is 0 Å². The van der Waals surface area contributed by atoms with Gasteiger partial charge in [-0.05, 0) is 42.6 Å². The molecule has 1 heterocycles. The zero-order valence-electron chi connectivity index (χ0n) is 12.2. The van der Waals surface area contributed by atoms with Crippen LogP contribution >= 0.6 is 11.3 Å². The van der Waals surface area contributed by atoms with Gasteiger partial charge in [0.2, 0.25) is 10.0 Å². The van der Waals surface area contributed by atoms with E-state index in [1.807, 2.05) is 31.4 Å². The Labute approximate surface area is 130 Å². The lowest BCUT2D eigenvalue weighted by Crippen LogP contribution is -2.30. The summed E-state index contributed by atoms with van der Waals surface area (Å²) in [6, 6.07) is 10.4. The number of hydrogen-bond acceptors (Lipinski definition) is 4. The normalized spacial score (nSPS) is 11.8. The third-order valence-corrected chi connectivity index (χ3v) is 5.83. The lowest BCUT2D eigenvalue weighted by Gasteiger charge is -2.20. The van der Waals surface area contributed by atoms with Crippen molar-refractivity contribution < 1.29 is 13.2 Å². The molecule has 0 aliphatic heterocycles. The number of thiophene rings is 1. The third-order valence-electron chi connectivity index (χ3n) is 3.04. The lowest BCUT2D eigenvalue weighted by atomic mass is 10.3. The maximum atomic E-state index is 12.6. The van der Waals surface area contributed by atoms with Gasteiger partial charge in [0.25, 0.3) is 0 Å². The van der Waals surface area contributed by atoms with Crippen LogP contribution in [-0.4, -0.2) is 25.9 Å². The molecule has 0 amide bonds. The van der Waals surface area contributed by atoms with Crippen LogP contribution in [0.3, 0.4) is 0 Å². The Hall–Kier alpha value is -1.37. The highest BCUT2D eigenvalue weighted by atomic mass is 32.2. The molecule has 114 valence electrons. The average Bonchev–Trinajstić information content (AvgIpc) is 2.98. The van der Waals surface area contributed by atoms with Gasteiger partial charge in [0, 0.05) is 18.0 Å². The van der Waals surface area contributed by atoms with Gasteiger partial charge in [0.1, 0.15) is 5.75 Å². The monoisotopic (exact) mass is 325 g/mol. The Morgan fingerprint density at radius 2 is 1.86 bits per heavy atom. The van der Waals surface area contributed by atoms with Crippen molar-refractivity contribution in [2.24, 2.45) is 0 Å². The van der Waals surface area contributed by atoms with Gasteiger partial charge < -0.3 is 4.74 Å². The fraction of sp³-hybridized carbons (Fsp3) is 0.333. The summed E-state index contributed by atoms with van der Waals surface area (Å²) in [5.74, 6) is 0.678. The molecule has 0 fully saturated rings. The van der Waals surface area contributed by atoms with Crippen LogP contribution < -0.4 is 4.74 Å². The van der Waals surface area contributed by atoms with E-state index in [-0.39, 0.29) is 0 Å². The standard InChI is InChI=1S/C15H19NO3S2/c1-3-16(12-14-6-5-11-20-14)21(17,18)15-9-7-13(8-10-15)19-4-2/h5-11H,3-4,12H2,1-2H3. The van der Waals surface area contributed by atoms with E-state index in [4.69, 9.17) is 4.74 Å². The first-order valence-corrected chi connectivity index (χ1v) is 9.15. The Bertz CT molecular complexity index is 649. The topological polar surface area (TPSA) is 46.6 Å².